The van der Waals surface area contributed by atoms with Crippen molar-refractivity contribution < 1.29 is 20.1 Å². The third-order valence-electron chi connectivity index (χ3n) is 17.5. The molecule has 89 heavy (non-hydrogen) atoms. The number of para-hydroxylation sites is 3. The Labute approximate surface area is 539 Å². The summed E-state index contributed by atoms with van der Waals surface area (Å²) in [5.41, 5.74) is 15.1. The first kappa shape index (κ1) is 50.0. The van der Waals surface area contributed by atoms with Crippen molar-refractivity contribution in [3.05, 3.63) is 227 Å². The van der Waals surface area contributed by atoms with Crippen LogP contribution in [-0.4, -0.2) is 16.2 Å². The lowest BCUT2D eigenvalue weighted by molar-refractivity contribution is 0.411. The van der Waals surface area contributed by atoms with Crippen molar-refractivity contribution in [3.63, 3.8) is 0 Å². The van der Waals surface area contributed by atoms with E-state index in [0.717, 1.165) is 94.2 Å². The molecule has 4 heterocycles. The van der Waals surface area contributed by atoms with E-state index in [0.29, 0.717) is 39.7 Å². The number of aromatic nitrogens is 2. The number of anilines is 4. The highest BCUT2D eigenvalue weighted by molar-refractivity contribution is 6.24. The molecule has 0 N–H and O–H groups in total. The van der Waals surface area contributed by atoms with E-state index >= 15 is 0 Å². The van der Waals surface area contributed by atoms with Crippen LogP contribution in [-0.2, 0) is 22.6 Å². The standard InChI is InChI=1S/C83H86N4O2/c1-51(2)63-28-24-29-64(52(3)4)76(63)56-42-60(47-62(43-56)88-61-33-34-67-73(48-61)87(75-39-53(37-38-84-75)49-80(5,6)7)72-36-35-66-65-27-20-23-32-74(65)89-79(66)77(67)72)85-50-86(71-31-22-21-30-70(71)85)78-68(54-25-18-17-19-26-54)45-59(83(14,15)16)46-69(78)55-40-57(81(8,9)10)44-58(41-55)82(11,12)13/h17-48,51-52H,49-50H2,1-16H3/i17D,18D,19D,25D,26D,38D,49D2. The molecule has 0 unspecified atom stereocenters. The average molecular weight is 1180 g/mol. The van der Waals surface area contributed by atoms with Crippen molar-refractivity contribution in [3.8, 4) is 50.7 Å². The Hall–Kier alpha value is -8.87. The lowest BCUT2D eigenvalue weighted by Crippen LogP contribution is -2.25. The summed E-state index contributed by atoms with van der Waals surface area (Å²) in [6, 6.07) is 52.2. The van der Waals surface area contributed by atoms with Crippen molar-refractivity contribution in [1.82, 2.24) is 9.55 Å². The van der Waals surface area contributed by atoms with Crippen molar-refractivity contribution in [2.24, 2.45) is 5.41 Å². The van der Waals surface area contributed by atoms with Gasteiger partial charge in [0.2, 0.25) is 0 Å². The van der Waals surface area contributed by atoms with Gasteiger partial charge in [-0.3, -0.25) is 4.57 Å². The molecule has 0 atom stereocenters. The quantitative estimate of drug-likeness (QED) is 0.129. The van der Waals surface area contributed by atoms with E-state index in [1.165, 1.54) is 17.2 Å². The largest absolute Gasteiger partial charge is 0.457 e. The number of benzene rings is 9. The summed E-state index contributed by atoms with van der Waals surface area (Å²) in [7, 11) is 0. The van der Waals surface area contributed by atoms with Crippen LogP contribution in [0.4, 0.5) is 22.7 Å². The van der Waals surface area contributed by atoms with E-state index in [1.54, 1.807) is 6.07 Å². The molecular formula is C83H86N4O2. The zero-order valence-electron chi connectivity index (χ0n) is 62.5. The fourth-order valence-electron chi connectivity index (χ4n) is 13.0. The maximum Gasteiger partial charge on any atom is 0.145 e. The summed E-state index contributed by atoms with van der Waals surface area (Å²) >= 11 is 0. The first-order chi connectivity index (χ1) is 45.5. The van der Waals surface area contributed by atoms with Gasteiger partial charge in [0.05, 0.1) is 41.7 Å². The maximum absolute atomic E-state index is 9.70. The van der Waals surface area contributed by atoms with E-state index in [9.17, 15) is 5.48 Å². The smallest absolute Gasteiger partial charge is 0.145 e. The lowest BCUT2D eigenvalue weighted by Gasteiger charge is -2.32. The second-order valence-corrected chi connectivity index (χ2v) is 29.1. The minimum atomic E-state index is -1.82. The van der Waals surface area contributed by atoms with Gasteiger partial charge in [-0.05, 0) is 174 Å². The summed E-state index contributed by atoms with van der Waals surface area (Å²) in [6.07, 6.45) is -1.88. The maximum atomic E-state index is 9.70. The SMILES string of the molecule is [2H]c1cc(C([2H])([2H])C(C)(C)C)cc(-n2c3cc(Oc4cc(-c5c(C(C)C)cccc5C(C)C)cc(N5CN(c6c(-c7cc(C(C)(C)C)cc(C(C)(C)C)c7)cc(C(C)(C)C)cc6-c6c([2H])c([2H])c([2H])c([2H])c6[2H])c6ccccc65)c4)ccc3c3c4oc5ccccc5c4ccc32)n1. The molecule has 0 fully saturated rings. The molecule has 0 aliphatic carbocycles. The van der Waals surface area contributed by atoms with E-state index in [1.807, 2.05) is 67.8 Å². The zero-order valence-corrected chi connectivity index (χ0v) is 54.5. The monoisotopic (exact) mass is 1180 g/mol. The number of hydrogen-bond donors (Lipinski definition) is 0. The fraction of sp³-hybridized carbons (Fsp3) is 0.289. The summed E-state index contributed by atoms with van der Waals surface area (Å²) in [6.45, 7) is 34.6. The zero-order chi connectivity index (χ0) is 69.7. The van der Waals surface area contributed by atoms with E-state index in [2.05, 4.69) is 203 Å². The fourth-order valence-corrected chi connectivity index (χ4v) is 13.0. The molecule has 13 rings (SSSR count). The number of pyridine rings is 1. The Balaban J connectivity index is 1.06. The number of ether oxygens (including phenoxy) is 1. The Kier molecular flexibility index (Phi) is 12.4. The van der Waals surface area contributed by atoms with Gasteiger partial charge in [-0.25, -0.2) is 4.98 Å². The molecule has 6 heteroatoms. The molecule has 0 saturated carbocycles. The molecule has 450 valence electrons. The van der Waals surface area contributed by atoms with E-state index in [-0.39, 0.29) is 53.2 Å². The molecule has 9 aromatic carbocycles. The minimum absolute atomic E-state index is 0.0606. The predicted octanol–water partition coefficient (Wildman–Crippen LogP) is 23.8. The van der Waals surface area contributed by atoms with Gasteiger partial charge < -0.3 is 19.0 Å². The summed E-state index contributed by atoms with van der Waals surface area (Å²) < 4.78 is 90.5. The summed E-state index contributed by atoms with van der Waals surface area (Å²) in [5, 5.41) is 3.65. The van der Waals surface area contributed by atoms with Crippen LogP contribution >= 0.6 is 0 Å². The lowest BCUT2D eigenvalue weighted by atomic mass is 9.77. The Morgan fingerprint density at radius 3 is 1.81 bits per heavy atom. The molecule has 0 spiro atoms. The van der Waals surface area contributed by atoms with Crippen LogP contribution < -0.4 is 14.5 Å². The van der Waals surface area contributed by atoms with Crippen LogP contribution in [0.2, 0.25) is 0 Å². The summed E-state index contributed by atoms with van der Waals surface area (Å²) in [5.74, 6) is 1.80. The highest BCUT2D eigenvalue weighted by Crippen LogP contribution is 2.54. The number of hydrogen-bond acceptors (Lipinski definition) is 5. The minimum Gasteiger partial charge on any atom is -0.457 e. The van der Waals surface area contributed by atoms with Crippen molar-refractivity contribution in [1.29, 1.82) is 0 Å². The number of nitrogens with zero attached hydrogens (tertiary/aromatic N) is 4. The molecule has 0 bridgehead atoms. The van der Waals surface area contributed by atoms with E-state index in [4.69, 9.17) is 19.6 Å². The van der Waals surface area contributed by atoms with Gasteiger partial charge in [0.25, 0.3) is 0 Å². The average Bonchev–Trinajstić information content (AvgIpc) is 1.62. The van der Waals surface area contributed by atoms with Crippen LogP contribution in [0.5, 0.6) is 11.5 Å². The van der Waals surface area contributed by atoms with Crippen LogP contribution in [0, 0.1) is 5.41 Å². The Morgan fingerprint density at radius 1 is 0.539 bits per heavy atom. The van der Waals surface area contributed by atoms with Crippen molar-refractivity contribution in [2.45, 2.75) is 145 Å². The first-order valence-electron chi connectivity index (χ1n) is 35.4. The molecule has 0 radical (unpaired) electrons. The Bertz CT molecular complexity index is 5100. The van der Waals surface area contributed by atoms with E-state index < -0.39 is 35.3 Å². The van der Waals surface area contributed by atoms with Crippen LogP contribution in [0.3, 0.4) is 0 Å². The normalized spacial score (nSPS) is 14.8. The molecule has 6 nitrogen and oxygen atoms in total. The van der Waals surface area contributed by atoms with Gasteiger partial charge >= 0.3 is 0 Å². The second-order valence-electron chi connectivity index (χ2n) is 29.1. The number of fused-ring (bicyclic) bond motifs is 8. The molecule has 1 aliphatic heterocycles. The van der Waals surface area contributed by atoms with Crippen LogP contribution in [0.1, 0.15) is 167 Å². The first-order valence-corrected chi connectivity index (χ1v) is 31.4. The second kappa shape index (κ2) is 22.0. The van der Waals surface area contributed by atoms with Crippen molar-refractivity contribution >= 4 is 66.5 Å². The topological polar surface area (TPSA) is 46.7 Å². The van der Waals surface area contributed by atoms with Gasteiger partial charge in [0, 0.05) is 54.0 Å². The third-order valence-corrected chi connectivity index (χ3v) is 17.5. The molecule has 12 aromatic rings. The number of rotatable bonds is 11. The summed E-state index contributed by atoms with van der Waals surface area (Å²) in [4.78, 5) is 9.41. The number of furan rings is 1. The predicted molar refractivity (Wildman–Crippen MR) is 378 cm³/mol. The molecule has 1 aliphatic rings. The van der Waals surface area contributed by atoms with Crippen molar-refractivity contribution in [2.75, 3.05) is 16.5 Å². The highest BCUT2D eigenvalue weighted by Gasteiger charge is 2.35. The molecular weight excluding hydrogens is 1080 g/mol. The van der Waals surface area contributed by atoms with Gasteiger partial charge in [0.15, 0.2) is 0 Å². The highest BCUT2D eigenvalue weighted by atomic mass is 16.5. The van der Waals surface area contributed by atoms with Gasteiger partial charge in [0.1, 0.15) is 35.2 Å². The molecule has 0 saturated heterocycles. The van der Waals surface area contributed by atoms with Gasteiger partial charge in [-0.15, -0.1) is 0 Å². The van der Waals surface area contributed by atoms with Gasteiger partial charge in [-0.2, -0.15) is 0 Å². The third kappa shape index (κ3) is 11.1. The van der Waals surface area contributed by atoms with Crippen LogP contribution in [0.25, 0.3) is 82.9 Å². The molecule has 3 aromatic heterocycles. The molecule has 0 amide bonds. The van der Waals surface area contributed by atoms with Gasteiger partial charge in [-0.1, -0.05) is 208 Å². The van der Waals surface area contributed by atoms with Crippen LogP contribution in [0.15, 0.2) is 199 Å². The Morgan fingerprint density at radius 2 is 1.16 bits per heavy atom.